The van der Waals surface area contributed by atoms with E-state index in [0.29, 0.717) is 4.47 Å². The van der Waals surface area contributed by atoms with Crippen LogP contribution in [0.15, 0.2) is 22.7 Å². The van der Waals surface area contributed by atoms with Gasteiger partial charge in [-0.15, -0.1) is 19.6 Å². The molecule has 0 aromatic heterocycles. The first kappa shape index (κ1) is 12.7. The summed E-state index contributed by atoms with van der Waals surface area (Å²) in [4.78, 5) is 0. The maximum atomic E-state index is 12.1. The predicted molar refractivity (Wildman–Crippen MR) is 58.1 cm³/mol. The summed E-state index contributed by atoms with van der Waals surface area (Å²) in [5.74, 6) is 1.94. The molecule has 0 bridgehead atoms. The van der Waals surface area contributed by atoms with Crippen molar-refractivity contribution in [3.63, 3.8) is 0 Å². The molecule has 0 heterocycles. The van der Waals surface area contributed by atoms with Gasteiger partial charge in [0.05, 0.1) is 12.2 Å². The zero-order chi connectivity index (χ0) is 12.2. The van der Waals surface area contributed by atoms with E-state index in [2.05, 4.69) is 31.9 Å². The first-order chi connectivity index (χ1) is 7.42. The standard InChI is InChI=1S/C10H7BrF3NO/c1-2-5-15-8-4-3-7(11)6-9(8)16-10(12,13)14/h1,3-4,6,15H,5H2. The van der Waals surface area contributed by atoms with Crippen molar-refractivity contribution in [2.24, 2.45) is 0 Å². The van der Waals surface area contributed by atoms with Crippen molar-refractivity contribution in [3.05, 3.63) is 22.7 Å². The fraction of sp³-hybridized carbons (Fsp3) is 0.200. The number of rotatable bonds is 3. The lowest BCUT2D eigenvalue weighted by atomic mass is 10.3. The highest BCUT2D eigenvalue weighted by molar-refractivity contribution is 9.10. The Morgan fingerprint density at radius 2 is 2.12 bits per heavy atom. The largest absolute Gasteiger partial charge is 0.573 e. The van der Waals surface area contributed by atoms with E-state index in [9.17, 15) is 13.2 Å². The Morgan fingerprint density at radius 1 is 1.44 bits per heavy atom. The Morgan fingerprint density at radius 3 is 2.69 bits per heavy atom. The van der Waals surface area contributed by atoms with E-state index in [1.807, 2.05) is 0 Å². The summed E-state index contributed by atoms with van der Waals surface area (Å²) in [6, 6.07) is 4.25. The van der Waals surface area contributed by atoms with Crippen molar-refractivity contribution in [1.82, 2.24) is 0 Å². The summed E-state index contributed by atoms with van der Waals surface area (Å²) in [5.41, 5.74) is 0.193. The van der Waals surface area contributed by atoms with Crippen LogP contribution in [0.25, 0.3) is 0 Å². The fourth-order valence-corrected chi connectivity index (χ4v) is 1.34. The summed E-state index contributed by atoms with van der Waals surface area (Å²) < 4.78 is 40.5. The lowest BCUT2D eigenvalue weighted by molar-refractivity contribution is -0.274. The SMILES string of the molecule is C#CCNc1ccc(Br)cc1OC(F)(F)F. The molecule has 16 heavy (non-hydrogen) atoms. The number of halogens is 4. The van der Waals surface area contributed by atoms with E-state index in [0.717, 1.165) is 0 Å². The summed E-state index contributed by atoms with van der Waals surface area (Å²) in [7, 11) is 0. The van der Waals surface area contributed by atoms with Gasteiger partial charge in [-0.1, -0.05) is 21.9 Å². The van der Waals surface area contributed by atoms with Gasteiger partial charge >= 0.3 is 6.36 Å². The van der Waals surface area contributed by atoms with Gasteiger partial charge in [0, 0.05) is 4.47 Å². The van der Waals surface area contributed by atoms with Gasteiger partial charge in [0.1, 0.15) is 0 Å². The van der Waals surface area contributed by atoms with E-state index in [4.69, 9.17) is 6.42 Å². The molecular weight excluding hydrogens is 287 g/mol. The van der Waals surface area contributed by atoms with E-state index in [1.54, 1.807) is 6.07 Å². The molecule has 0 amide bonds. The number of terminal acetylenes is 1. The second kappa shape index (κ2) is 5.12. The number of hydrogen-bond acceptors (Lipinski definition) is 2. The zero-order valence-corrected chi connectivity index (χ0v) is 9.52. The lowest BCUT2D eigenvalue weighted by Crippen LogP contribution is -2.18. The third-order valence-corrected chi connectivity index (χ3v) is 2.04. The molecule has 0 radical (unpaired) electrons. The number of hydrogen-bond donors (Lipinski definition) is 1. The van der Waals surface area contributed by atoms with Crippen molar-refractivity contribution >= 4 is 21.6 Å². The Hall–Kier alpha value is -1.35. The summed E-state index contributed by atoms with van der Waals surface area (Å²) in [5, 5.41) is 2.63. The predicted octanol–water partition coefficient (Wildman–Crippen LogP) is 3.39. The van der Waals surface area contributed by atoms with E-state index in [1.165, 1.54) is 12.1 Å². The van der Waals surface area contributed by atoms with Gasteiger partial charge in [-0.05, 0) is 18.2 Å². The van der Waals surface area contributed by atoms with Gasteiger partial charge in [0.25, 0.3) is 0 Å². The molecule has 1 N–H and O–H groups in total. The molecule has 0 saturated heterocycles. The van der Waals surface area contributed by atoms with Gasteiger partial charge in [-0.3, -0.25) is 0 Å². The van der Waals surface area contributed by atoms with Crippen LogP contribution in [-0.2, 0) is 0 Å². The van der Waals surface area contributed by atoms with Crippen LogP contribution in [0.4, 0.5) is 18.9 Å². The molecule has 2 nitrogen and oxygen atoms in total. The minimum atomic E-state index is -4.73. The Bertz CT molecular complexity index is 412. The molecule has 0 spiro atoms. The van der Waals surface area contributed by atoms with Crippen molar-refractivity contribution in [2.45, 2.75) is 6.36 Å². The van der Waals surface area contributed by atoms with Gasteiger partial charge in [0.2, 0.25) is 0 Å². The lowest BCUT2D eigenvalue weighted by Gasteiger charge is -2.13. The summed E-state index contributed by atoms with van der Waals surface area (Å²) >= 11 is 3.06. The van der Waals surface area contributed by atoms with Gasteiger partial charge in [-0.25, -0.2) is 0 Å². The van der Waals surface area contributed by atoms with E-state index >= 15 is 0 Å². The average molecular weight is 294 g/mol. The number of anilines is 1. The molecule has 0 fully saturated rings. The van der Waals surface area contributed by atoms with Crippen LogP contribution in [0.2, 0.25) is 0 Å². The normalized spacial score (nSPS) is 10.7. The van der Waals surface area contributed by atoms with Crippen LogP contribution in [0.1, 0.15) is 0 Å². The molecule has 1 rings (SSSR count). The summed E-state index contributed by atoms with van der Waals surface area (Å²) in [6.07, 6.45) is 0.270. The van der Waals surface area contributed by atoms with Crippen molar-refractivity contribution in [3.8, 4) is 18.1 Å². The second-order valence-electron chi connectivity index (χ2n) is 2.75. The topological polar surface area (TPSA) is 21.3 Å². The van der Waals surface area contributed by atoms with Gasteiger partial charge < -0.3 is 10.1 Å². The van der Waals surface area contributed by atoms with E-state index < -0.39 is 6.36 Å². The molecule has 0 atom stereocenters. The Labute approximate surface area is 98.9 Å². The van der Waals surface area contributed by atoms with Gasteiger partial charge in [-0.2, -0.15) is 0 Å². The monoisotopic (exact) mass is 293 g/mol. The molecule has 1 aromatic rings. The van der Waals surface area contributed by atoms with Crippen LogP contribution in [0.3, 0.4) is 0 Å². The number of ether oxygens (including phenoxy) is 1. The van der Waals surface area contributed by atoms with Crippen LogP contribution >= 0.6 is 15.9 Å². The minimum Gasteiger partial charge on any atom is -0.404 e. The molecule has 86 valence electrons. The highest BCUT2D eigenvalue weighted by atomic mass is 79.9. The third kappa shape index (κ3) is 4.03. The minimum absolute atomic E-state index is 0.121. The first-order valence-corrected chi connectivity index (χ1v) is 4.94. The molecule has 0 unspecified atom stereocenters. The molecule has 0 aliphatic rings. The number of alkyl halides is 3. The zero-order valence-electron chi connectivity index (χ0n) is 7.94. The average Bonchev–Trinajstić information content (AvgIpc) is 2.14. The van der Waals surface area contributed by atoms with E-state index in [-0.39, 0.29) is 18.0 Å². The van der Waals surface area contributed by atoms with Crippen molar-refractivity contribution in [2.75, 3.05) is 11.9 Å². The maximum Gasteiger partial charge on any atom is 0.573 e. The molecule has 6 heteroatoms. The molecule has 0 aliphatic carbocycles. The van der Waals surface area contributed by atoms with Gasteiger partial charge in [0.15, 0.2) is 5.75 Å². The fourth-order valence-electron chi connectivity index (χ4n) is 0.998. The quantitative estimate of drug-likeness (QED) is 0.863. The van der Waals surface area contributed by atoms with Crippen LogP contribution in [0.5, 0.6) is 5.75 Å². The molecular formula is C10H7BrF3NO. The molecule has 0 aliphatic heterocycles. The first-order valence-electron chi connectivity index (χ1n) is 4.15. The second-order valence-corrected chi connectivity index (χ2v) is 3.66. The highest BCUT2D eigenvalue weighted by Crippen LogP contribution is 2.32. The highest BCUT2D eigenvalue weighted by Gasteiger charge is 2.32. The number of benzene rings is 1. The third-order valence-electron chi connectivity index (χ3n) is 1.55. The molecule has 1 aromatic carbocycles. The van der Waals surface area contributed by atoms with Crippen LogP contribution in [-0.4, -0.2) is 12.9 Å². The van der Waals surface area contributed by atoms with Crippen molar-refractivity contribution in [1.29, 1.82) is 0 Å². The van der Waals surface area contributed by atoms with Crippen LogP contribution in [0, 0.1) is 12.3 Å². The number of nitrogens with one attached hydrogen (secondary N) is 1. The Kier molecular flexibility index (Phi) is 4.07. The maximum absolute atomic E-state index is 12.1. The summed E-state index contributed by atoms with van der Waals surface area (Å²) in [6.45, 7) is 0.121. The molecule has 0 saturated carbocycles. The van der Waals surface area contributed by atoms with Crippen molar-refractivity contribution < 1.29 is 17.9 Å². The smallest absolute Gasteiger partial charge is 0.404 e. The van der Waals surface area contributed by atoms with Crippen LogP contribution < -0.4 is 10.1 Å². The Balaban J connectivity index is 2.95.